The molecule has 1 amide bonds. The number of aliphatic hydroxyl groups excluding tert-OH is 1. The second-order valence-corrected chi connectivity index (χ2v) is 8.44. The predicted octanol–water partition coefficient (Wildman–Crippen LogP) is 2.83. The molecule has 5 rings (SSSR count). The molecule has 1 spiro atoms. The van der Waals surface area contributed by atoms with E-state index in [-0.39, 0.29) is 17.4 Å². The first-order valence-electron chi connectivity index (χ1n) is 10.5. The second kappa shape index (κ2) is 7.11. The van der Waals surface area contributed by atoms with Crippen LogP contribution in [0.25, 0.3) is 0 Å². The number of benzene rings is 1. The Labute approximate surface area is 170 Å². The van der Waals surface area contributed by atoms with Crippen LogP contribution in [0.4, 0.5) is 0 Å². The molecule has 0 radical (unpaired) electrons. The highest BCUT2D eigenvalue weighted by atomic mass is 16.3. The van der Waals surface area contributed by atoms with Crippen molar-refractivity contribution in [3.63, 3.8) is 0 Å². The van der Waals surface area contributed by atoms with Crippen molar-refractivity contribution in [3.05, 3.63) is 65.4 Å². The molecule has 6 heteroatoms. The third-order valence-electron chi connectivity index (χ3n) is 7.05. The Morgan fingerprint density at radius 2 is 2.00 bits per heavy atom. The number of piperidine rings is 1. The lowest BCUT2D eigenvalue weighted by molar-refractivity contribution is -0.0115. The number of nitrogens with zero attached hydrogens (tertiary/aromatic N) is 3. The average molecular weight is 393 g/mol. The molecule has 2 aliphatic heterocycles. The number of aromatic nitrogens is 1. The van der Waals surface area contributed by atoms with Crippen molar-refractivity contribution >= 4 is 5.91 Å². The van der Waals surface area contributed by atoms with Crippen LogP contribution in [0.2, 0.25) is 0 Å². The lowest BCUT2D eigenvalue weighted by Crippen LogP contribution is -2.51. The van der Waals surface area contributed by atoms with Gasteiger partial charge in [0.2, 0.25) is 0 Å². The van der Waals surface area contributed by atoms with Gasteiger partial charge < -0.3 is 14.4 Å². The lowest BCUT2D eigenvalue weighted by Gasteiger charge is -2.44. The molecule has 0 unspecified atom stereocenters. The molecule has 2 atom stereocenters. The van der Waals surface area contributed by atoms with Gasteiger partial charge in [-0.3, -0.25) is 9.69 Å². The maximum absolute atomic E-state index is 12.8. The van der Waals surface area contributed by atoms with E-state index in [0.717, 1.165) is 32.4 Å². The Morgan fingerprint density at radius 1 is 1.21 bits per heavy atom. The van der Waals surface area contributed by atoms with E-state index in [2.05, 4.69) is 46.3 Å². The van der Waals surface area contributed by atoms with Crippen LogP contribution < -0.4 is 0 Å². The number of carbonyl (C=O) groups is 1. The van der Waals surface area contributed by atoms with Gasteiger partial charge in [-0.2, -0.15) is 0 Å². The van der Waals surface area contributed by atoms with Crippen LogP contribution in [-0.4, -0.2) is 58.1 Å². The lowest BCUT2D eigenvalue weighted by atomic mass is 9.72. The monoisotopic (exact) mass is 393 g/mol. The van der Waals surface area contributed by atoms with Gasteiger partial charge >= 0.3 is 0 Å². The standard InChI is InChI=1S/C23H27N3O3/c1-16-19(24-15-29-16)22(28)26-13-9-23(10-14-26)18-8-4-3-7-17(18)20(21(23)27)25-11-5-2-6-12-25/h2-5,7-8,15,20-21,27H,6,9-14H2,1H3/t20-,21+/m1/s1. The number of likely N-dealkylation sites (tertiary alicyclic amines) is 1. The number of aryl methyl sites for hydroxylation is 1. The molecule has 29 heavy (non-hydrogen) atoms. The molecule has 1 aliphatic carbocycles. The number of oxazole rings is 1. The Hall–Kier alpha value is -2.44. The summed E-state index contributed by atoms with van der Waals surface area (Å²) in [7, 11) is 0. The summed E-state index contributed by atoms with van der Waals surface area (Å²) >= 11 is 0. The fraction of sp³-hybridized carbons (Fsp3) is 0.478. The molecule has 152 valence electrons. The molecule has 1 aromatic heterocycles. The largest absolute Gasteiger partial charge is 0.448 e. The fourth-order valence-corrected chi connectivity index (χ4v) is 5.48. The minimum Gasteiger partial charge on any atom is -0.448 e. The summed E-state index contributed by atoms with van der Waals surface area (Å²) in [5.41, 5.74) is 2.61. The van der Waals surface area contributed by atoms with E-state index in [1.54, 1.807) is 6.92 Å². The molecule has 3 aliphatic rings. The normalized spacial score (nSPS) is 26.1. The van der Waals surface area contributed by atoms with Crippen molar-refractivity contribution in [2.24, 2.45) is 0 Å². The Bertz CT molecular complexity index is 942. The highest BCUT2D eigenvalue weighted by Crippen LogP contribution is 2.53. The second-order valence-electron chi connectivity index (χ2n) is 8.44. The predicted molar refractivity (Wildman–Crippen MR) is 109 cm³/mol. The third-order valence-corrected chi connectivity index (χ3v) is 7.05. The first-order chi connectivity index (χ1) is 14.1. The van der Waals surface area contributed by atoms with Crippen LogP contribution in [0.1, 0.15) is 52.7 Å². The van der Waals surface area contributed by atoms with E-state index in [4.69, 9.17) is 4.42 Å². The van der Waals surface area contributed by atoms with Crippen LogP contribution in [0.5, 0.6) is 0 Å². The van der Waals surface area contributed by atoms with Crippen LogP contribution >= 0.6 is 0 Å². The van der Waals surface area contributed by atoms with E-state index in [9.17, 15) is 9.90 Å². The summed E-state index contributed by atoms with van der Waals surface area (Å²) < 4.78 is 5.20. The van der Waals surface area contributed by atoms with Crippen LogP contribution in [0.15, 0.2) is 47.2 Å². The summed E-state index contributed by atoms with van der Waals surface area (Å²) in [6.45, 7) is 4.84. The fourth-order valence-electron chi connectivity index (χ4n) is 5.48. The van der Waals surface area contributed by atoms with E-state index >= 15 is 0 Å². The van der Waals surface area contributed by atoms with Crippen molar-refractivity contribution < 1.29 is 14.3 Å². The van der Waals surface area contributed by atoms with Crippen molar-refractivity contribution in [2.75, 3.05) is 26.2 Å². The first-order valence-corrected chi connectivity index (χ1v) is 10.5. The van der Waals surface area contributed by atoms with E-state index in [0.29, 0.717) is 24.5 Å². The number of rotatable bonds is 2. The topological polar surface area (TPSA) is 69.8 Å². The average Bonchev–Trinajstić information content (AvgIpc) is 3.29. The van der Waals surface area contributed by atoms with Crippen molar-refractivity contribution in [2.45, 2.75) is 43.7 Å². The number of hydrogen-bond donors (Lipinski definition) is 1. The van der Waals surface area contributed by atoms with Crippen molar-refractivity contribution in [1.29, 1.82) is 0 Å². The Balaban J connectivity index is 1.42. The molecule has 1 saturated heterocycles. The van der Waals surface area contributed by atoms with Gasteiger partial charge in [-0.1, -0.05) is 36.4 Å². The smallest absolute Gasteiger partial charge is 0.276 e. The number of amides is 1. The number of aliphatic hydroxyl groups is 1. The van der Waals surface area contributed by atoms with Crippen LogP contribution in [0.3, 0.4) is 0 Å². The summed E-state index contributed by atoms with van der Waals surface area (Å²) in [6, 6.07) is 8.52. The number of fused-ring (bicyclic) bond motifs is 2. The molecule has 1 aromatic carbocycles. The van der Waals surface area contributed by atoms with Gasteiger partial charge in [-0.15, -0.1) is 0 Å². The summed E-state index contributed by atoms with van der Waals surface area (Å²) in [5, 5.41) is 11.6. The van der Waals surface area contributed by atoms with E-state index in [1.165, 1.54) is 17.5 Å². The highest BCUT2D eigenvalue weighted by Gasteiger charge is 2.54. The van der Waals surface area contributed by atoms with Crippen LogP contribution in [0, 0.1) is 6.92 Å². The van der Waals surface area contributed by atoms with Gasteiger partial charge in [0.25, 0.3) is 5.91 Å². The summed E-state index contributed by atoms with van der Waals surface area (Å²) in [4.78, 5) is 21.2. The van der Waals surface area contributed by atoms with Gasteiger partial charge in [0.1, 0.15) is 5.76 Å². The molecule has 0 saturated carbocycles. The molecule has 2 aromatic rings. The van der Waals surface area contributed by atoms with Crippen LogP contribution in [-0.2, 0) is 5.41 Å². The van der Waals surface area contributed by atoms with Crippen molar-refractivity contribution in [1.82, 2.24) is 14.8 Å². The van der Waals surface area contributed by atoms with Crippen molar-refractivity contribution in [3.8, 4) is 0 Å². The highest BCUT2D eigenvalue weighted by molar-refractivity contribution is 5.93. The molecular weight excluding hydrogens is 366 g/mol. The molecule has 1 N–H and O–H groups in total. The zero-order chi connectivity index (χ0) is 20.0. The maximum atomic E-state index is 12.8. The van der Waals surface area contributed by atoms with Gasteiger partial charge in [-0.05, 0) is 37.3 Å². The van der Waals surface area contributed by atoms with Gasteiger partial charge in [0.15, 0.2) is 12.1 Å². The minimum atomic E-state index is -0.461. The molecule has 3 heterocycles. The minimum absolute atomic E-state index is 0.0242. The zero-order valence-corrected chi connectivity index (χ0v) is 16.8. The summed E-state index contributed by atoms with van der Waals surface area (Å²) in [5.74, 6) is 0.476. The molecule has 1 fully saturated rings. The molecular formula is C23H27N3O3. The summed E-state index contributed by atoms with van der Waals surface area (Å²) in [6.07, 6.45) is 7.82. The van der Waals surface area contributed by atoms with E-state index < -0.39 is 6.10 Å². The van der Waals surface area contributed by atoms with E-state index in [1.807, 2.05) is 4.90 Å². The van der Waals surface area contributed by atoms with Gasteiger partial charge in [0.05, 0.1) is 12.1 Å². The quantitative estimate of drug-likeness (QED) is 0.795. The SMILES string of the molecule is Cc1ocnc1C(=O)N1CCC2(CC1)c1ccccc1[C@@H](N1CC=CCC1)[C@@H]2O. The molecule has 6 nitrogen and oxygen atoms in total. The molecule has 0 bridgehead atoms. The zero-order valence-electron chi connectivity index (χ0n) is 16.8. The first kappa shape index (κ1) is 18.6. The van der Waals surface area contributed by atoms with Gasteiger partial charge in [0, 0.05) is 31.6 Å². The maximum Gasteiger partial charge on any atom is 0.276 e. The Morgan fingerprint density at radius 3 is 2.69 bits per heavy atom. The Kier molecular flexibility index (Phi) is 4.56. The number of carbonyl (C=O) groups excluding carboxylic acids is 1. The third kappa shape index (κ3) is 2.85. The number of hydrogen-bond acceptors (Lipinski definition) is 5. The van der Waals surface area contributed by atoms with Gasteiger partial charge in [-0.25, -0.2) is 4.98 Å².